The van der Waals surface area contributed by atoms with Gasteiger partial charge in [-0.05, 0) is 54.9 Å². The van der Waals surface area contributed by atoms with Gasteiger partial charge in [-0.1, -0.05) is 41.6 Å². The van der Waals surface area contributed by atoms with Gasteiger partial charge >= 0.3 is 0 Å². The summed E-state index contributed by atoms with van der Waals surface area (Å²) in [6.07, 6.45) is 0. The van der Waals surface area contributed by atoms with Gasteiger partial charge in [-0.3, -0.25) is 0 Å². The Morgan fingerprint density at radius 3 is 2.65 bits per heavy atom. The number of halogens is 1. The topological polar surface area (TPSA) is 12.5 Å². The fourth-order valence-corrected chi connectivity index (χ4v) is 5.34. The van der Waals surface area contributed by atoms with Gasteiger partial charge in [0, 0.05) is 37.4 Å². The molecule has 0 unspecified atom stereocenters. The van der Waals surface area contributed by atoms with Gasteiger partial charge in [0.2, 0.25) is 0 Å². The van der Waals surface area contributed by atoms with Crippen LogP contribution in [0.2, 0.25) is 5.02 Å². The van der Waals surface area contributed by atoms with Crippen LogP contribution in [0, 0.1) is 0 Å². The van der Waals surface area contributed by atoms with E-state index < -0.39 is 0 Å². The van der Waals surface area contributed by atoms with Crippen LogP contribution >= 0.6 is 34.7 Å². The molecule has 3 aromatic rings. The predicted molar refractivity (Wildman–Crippen MR) is 113 cm³/mol. The summed E-state index contributed by atoms with van der Waals surface area (Å²) in [6, 6.07) is 14.8. The van der Waals surface area contributed by atoms with E-state index in [1.165, 1.54) is 36.9 Å². The predicted octanol–water partition coefficient (Wildman–Crippen LogP) is 6.28. The van der Waals surface area contributed by atoms with Crippen LogP contribution in [0.3, 0.4) is 0 Å². The maximum atomic E-state index is 6.35. The normalized spacial score (nSPS) is 12.5. The summed E-state index contributed by atoms with van der Waals surface area (Å²) < 4.78 is 5.96. The first-order valence-corrected chi connectivity index (χ1v) is 10.6. The summed E-state index contributed by atoms with van der Waals surface area (Å²) in [4.78, 5) is 5.93. The van der Waals surface area contributed by atoms with E-state index in [-0.39, 0.29) is 0 Å². The molecule has 0 saturated carbocycles. The molecule has 5 heteroatoms. The van der Waals surface area contributed by atoms with Crippen molar-refractivity contribution in [3.05, 3.63) is 57.7 Å². The lowest BCUT2D eigenvalue weighted by Crippen LogP contribution is -2.17. The third kappa shape index (κ3) is 3.57. The smallest absolute Gasteiger partial charge is 0.0816 e. The molecule has 0 aliphatic carbocycles. The Morgan fingerprint density at radius 1 is 1.00 bits per heavy atom. The van der Waals surface area contributed by atoms with Crippen LogP contribution in [0.15, 0.2) is 57.6 Å². The summed E-state index contributed by atoms with van der Waals surface area (Å²) in [7, 11) is 4.12. The third-order valence-electron chi connectivity index (χ3n) is 4.39. The highest BCUT2D eigenvalue weighted by Crippen LogP contribution is 2.51. The zero-order valence-corrected chi connectivity index (χ0v) is 17.2. The van der Waals surface area contributed by atoms with Crippen molar-refractivity contribution < 1.29 is 4.74 Å². The second kappa shape index (κ2) is 7.75. The van der Waals surface area contributed by atoms with Crippen molar-refractivity contribution in [2.45, 2.75) is 16.4 Å². The summed E-state index contributed by atoms with van der Waals surface area (Å²) in [6.45, 7) is 2.29. The molecule has 2 heterocycles. The second-order valence-electron chi connectivity index (χ2n) is 6.54. The Labute approximate surface area is 167 Å². The van der Waals surface area contributed by atoms with Crippen molar-refractivity contribution in [3.63, 3.8) is 0 Å². The highest BCUT2D eigenvalue weighted by molar-refractivity contribution is 7.99. The number of fused-ring (bicyclic) bond motifs is 5. The molecule has 134 valence electrons. The van der Waals surface area contributed by atoms with Crippen molar-refractivity contribution in [1.29, 1.82) is 0 Å². The number of ether oxygens (including phenoxy) is 1. The second-order valence-corrected chi connectivity index (χ2v) is 9.03. The maximum Gasteiger partial charge on any atom is 0.0816 e. The Kier molecular flexibility index (Phi) is 5.39. The van der Waals surface area contributed by atoms with E-state index in [1.54, 1.807) is 11.3 Å². The molecule has 1 aromatic heterocycles. The van der Waals surface area contributed by atoms with Gasteiger partial charge in [0.25, 0.3) is 0 Å². The van der Waals surface area contributed by atoms with Crippen molar-refractivity contribution >= 4 is 34.7 Å². The van der Waals surface area contributed by atoms with E-state index in [9.17, 15) is 0 Å². The Bertz CT molecular complexity index is 936. The van der Waals surface area contributed by atoms with Crippen molar-refractivity contribution in [2.75, 3.05) is 27.2 Å². The fourth-order valence-electron chi connectivity index (χ4n) is 3.09. The van der Waals surface area contributed by atoms with Crippen molar-refractivity contribution in [2.24, 2.45) is 0 Å². The zero-order chi connectivity index (χ0) is 18.1. The highest BCUT2D eigenvalue weighted by atomic mass is 35.5. The molecule has 0 fully saturated rings. The largest absolute Gasteiger partial charge is 0.375 e. The zero-order valence-electron chi connectivity index (χ0n) is 14.8. The Hall–Kier alpha value is -1.30. The molecule has 1 aliphatic heterocycles. The quantitative estimate of drug-likeness (QED) is 0.365. The van der Waals surface area contributed by atoms with E-state index in [0.29, 0.717) is 6.61 Å². The minimum Gasteiger partial charge on any atom is -0.375 e. The van der Waals surface area contributed by atoms with Gasteiger partial charge in [0.1, 0.15) is 0 Å². The van der Waals surface area contributed by atoms with Crippen LogP contribution in [-0.4, -0.2) is 32.1 Å². The summed E-state index contributed by atoms with van der Waals surface area (Å²) in [5, 5.41) is 3.03. The molecule has 0 bridgehead atoms. The Balaban J connectivity index is 1.78. The van der Waals surface area contributed by atoms with E-state index in [2.05, 4.69) is 60.8 Å². The fraction of sp³-hybridized carbons (Fsp3) is 0.238. The molecular formula is C21H20ClNOS2. The summed E-state index contributed by atoms with van der Waals surface area (Å²) >= 11 is 9.93. The van der Waals surface area contributed by atoms with Crippen molar-refractivity contribution in [3.8, 4) is 22.3 Å². The minimum atomic E-state index is 0.632. The van der Waals surface area contributed by atoms with Crippen LogP contribution in [0.4, 0.5) is 0 Å². The lowest BCUT2D eigenvalue weighted by atomic mass is 9.97. The number of rotatable bonds is 5. The molecule has 0 atom stereocenters. The Morgan fingerprint density at radius 2 is 1.81 bits per heavy atom. The van der Waals surface area contributed by atoms with Gasteiger partial charge in [-0.2, -0.15) is 0 Å². The minimum absolute atomic E-state index is 0.632. The number of likely N-dealkylation sites (N-methyl/N-ethyl adjacent to an activating group) is 1. The van der Waals surface area contributed by atoms with E-state index in [4.69, 9.17) is 16.3 Å². The molecule has 1 aliphatic rings. The monoisotopic (exact) mass is 401 g/mol. The lowest BCUT2D eigenvalue weighted by molar-refractivity contribution is 0.107. The van der Waals surface area contributed by atoms with Gasteiger partial charge in [0.05, 0.1) is 13.2 Å². The molecule has 0 radical (unpaired) electrons. The molecule has 0 spiro atoms. The van der Waals surface area contributed by atoms with E-state index in [1.807, 2.05) is 17.8 Å². The first-order chi connectivity index (χ1) is 12.6. The average Bonchev–Trinajstić information content (AvgIpc) is 2.98. The molecule has 4 rings (SSSR count). The van der Waals surface area contributed by atoms with Gasteiger partial charge in [-0.25, -0.2) is 0 Å². The van der Waals surface area contributed by atoms with E-state index >= 15 is 0 Å². The summed E-state index contributed by atoms with van der Waals surface area (Å²) in [5.41, 5.74) is 5.05. The van der Waals surface area contributed by atoms with Gasteiger partial charge < -0.3 is 9.64 Å². The van der Waals surface area contributed by atoms with Gasteiger partial charge in [-0.15, -0.1) is 11.3 Å². The molecule has 0 N–H and O–H groups in total. The van der Waals surface area contributed by atoms with Crippen LogP contribution in [-0.2, 0) is 11.3 Å². The molecule has 0 amide bonds. The molecule has 26 heavy (non-hydrogen) atoms. The van der Waals surface area contributed by atoms with Crippen LogP contribution in [0.5, 0.6) is 0 Å². The lowest BCUT2D eigenvalue weighted by Gasteiger charge is -2.12. The average molecular weight is 402 g/mol. The first kappa shape index (κ1) is 18.1. The SMILES string of the molecule is CN(C)CCOCc1scc2c1-c1cc(Cl)ccc1Sc1ccccc1-2. The van der Waals surface area contributed by atoms with Crippen LogP contribution < -0.4 is 0 Å². The van der Waals surface area contributed by atoms with Gasteiger partial charge in [0.15, 0.2) is 0 Å². The molecule has 2 aromatic carbocycles. The third-order valence-corrected chi connectivity index (χ3v) is 6.74. The number of thiophene rings is 1. The molecular weight excluding hydrogens is 382 g/mol. The molecule has 0 saturated heterocycles. The number of hydrogen-bond acceptors (Lipinski definition) is 4. The maximum absolute atomic E-state index is 6.35. The number of hydrogen-bond donors (Lipinski definition) is 0. The summed E-state index contributed by atoms with van der Waals surface area (Å²) in [5.74, 6) is 0. The van der Waals surface area contributed by atoms with Crippen molar-refractivity contribution in [1.82, 2.24) is 4.90 Å². The molecule has 2 nitrogen and oxygen atoms in total. The van der Waals surface area contributed by atoms with Crippen LogP contribution in [0.1, 0.15) is 4.88 Å². The number of benzene rings is 2. The number of nitrogens with zero attached hydrogens (tertiary/aromatic N) is 1. The highest BCUT2D eigenvalue weighted by Gasteiger charge is 2.24. The van der Waals surface area contributed by atoms with E-state index in [0.717, 1.165) is 18.2 Å². The van der Waals surface area contributed by atoms with Crippen LogP contribution in [0.25, 0.3) is 22.3 Å². The standard InChI is InChI=1S/C21H20ClNOS2/c1-23(2)9-10-24-12-20-21-16-11-14(22)7-8-19(16)26-18-6-4-3-5-15(18)17(21)13-25-20/h3-8,11,13H,9-10,12H2,1-2H3. The first-order valence-electron chi connectivity index (χ1n) is 8.53.